The fourth-order valence-corrected chi connectivity index (χ4v) is 13.9. The van der Waals surface area contributed by atoms with Crippen molar-refractivity contribution in [3.05, 3.63) is 145 Å². The van der Waals surface area contributed by atoms with E-state index in [0.29, 0.717) is 0 Å². The van der Waals surface area contributed by atoms with E-state index in [1.807, 2.05) is 35.7 Å². The van der Waals surface area contributed by atoms with Crippen molar-refractivity contribution < 1.29 is 0 Å². The van der Waals surface area contributed by atoms with Crippen molar-refractivity contribution in [2.45, 2.75) is 57.1 Å². The van der Waals surface area contributed by atoms with Crippen molar-refractivity contribution >= 4 is 34.6 Å². The van der Waals surface area contributed by atoms with E-state index in [4.69, 9.17) is 9.97 Å². The first kappa shape index (κ1) is 29.9. The van der Waals surface area contributed by atoms with Gasteiger partial charge in [0.05, 0.1) is 22.4 Å². The molecule has 2 nitrogen and oxygen atoms in total. The van der Waals surface area contributed by atoms with E-state index in [9.17, 15) is 0 Å². The van der Waals surface area contributed by atoms with Crippen molar-refractivity contribution in [1.82, 2.24) is 9.97 Å². The molecule has 4 bridgehead atoms. The molecule has 4 fully saturated rings. The molecule has 13 rings (SSSR count). The summed E-state index contributed by atoms with van der Waals surface area (Å²) in [5.41, 5.74) is 14.9. The number of hydrogen-bond acceptors (Lipinski definition) is 4. The average molecular weight is 705 g/mol. The highest BCUT2D eigenvalue weighted by Crippen LogP contribution is 2.71. The van der Waals surface area contributed by atoms with E-state index in [-0.39, 0.29) is 5.41 Å². The molecule has 250 valence electrons. The summed E-state index contributed by atoms with van der Waals surface area (Å²) in [5, 5.41) is 0. The fraction of sp³-hybridized carbons (Fsp3) is 0.208. The quantitative estimate of drug-likeness (QED) is 0.183. The summed E-state index contributed by atoms with van der Waals surface area (Å²) in [6, 6.07) is 49.2. The average Bonchev–Trinajstić information content (AvgIpc) is 3.49. The maximum Gasteiger partial charge on any atom is 0.0973 e. The summed E-state index contributed by atoms with van der Waals surface area (Å²) >= 11 is 3.97. The third-order valence-electron chi connectivity index (χ3n) is 13.1. The Bertz CT molecular complexity index is 2560. The molecule has 1 aromatic heterocycles. The smallest absolute Gasteiger partial charge is 0.0973 e. The molecule has 4 heteroatoms. The predicted octanol–water partition coefficient (Wildman–Crippen LogP) is 13.0. The molecule has 1 aliphatic heterocycles. The largest absolute Gasteiger partial charge is 0.244 e. The van der Waals surface area contributed by atoms with Gasteiger partial charge in [-0.1, -0.05) is 127 Å². The van der Waals surface area contributed by atoms with E-state index in [2.05, 4.69) is 121 Å². The molecule has 52 heavy (non-hydrogen) atoms. The van der Waals surface area contributed by atoms with Gasteiger partial charge in [0.1, 0.15) is 0 Å². The minimum atomic E-state index is 0.122. The highest BCUT2D eigenvalue weighted by Gasteiger charge is 2.62. The zero-order valence-corrected chi connectivity index (χ0v) is 30.4. The Balaban J connectivity index is 1.07. The van der Waals surface area contributed by atoms with Crippen LogP contribution in [0.1, 0.15) is 43.2 Å². The molecular weight excluding hydrogens is 669 g/mol. The van der Waals surface area contributed by atoms with Gasteiger partial charge < -0.3 is 0 Å². The van der Waals surface area contributed by atoms with Crippen LogP contribution in [-0.2, 0) is 5.41 Å². The number of fused-ring (bicyclic) bond motifs is 7. The van der Waals surface area contributed by atoms with Crippen molar-refractivity contribution in [3.8, 4) is 44.8 Å². The lowest BCUT2D eigenvalue weighted by atomic mass is 9.43. The van der Waals surface area contributed by atoms with Crippen LogP contribution in [0.25, 0.3) is 55.8 Å². The Morgan fingerprint density at radius 1 is 0.462 bits per heavy atom. The normalized spacial score (nSPS) is 24.5. The first-order chi connectivity index (χ1) is 25.7. The van der Waals surface area contributed by atoms with Crippen molar-refractivity contribution in [1.29, 1.82) is 0 Å². The molecule has 0 amide bonds. The zero-order valence-electron chi connectivity index (χ0n) is 28.8. The minimum Gasteiger partial charge on any atom is -0.244 e. The summed E-state index contributed by atoms with van der Waals surface area (Å²) < 4.78 is 0. The first-order valence-electron chi connectivity index (χ1n) is 18.9. The molecule has 0 atom stereocenters. The highest BCUT2D eigenvalue weighted by molar-refractivity contribution is 8.05. The summed E-state index contributed by atoms with van der Waals surface area (Å²) in [5.74, 6) is 3.31. The summed E-state index contributed by atoms with van der Waals surface area (Å²) in [6.07, 6.45) is 7.04. The van der Waals surface area contributed by atoms with Gasteiger partial charge in [0, 0.05) is 41.7 Å². The van der Waals surface area contributed by atoms with Crippen LogP contribution in [-0.4, -0.2) is 9.97 Å². The molecule has 6 aromatic carbocycles. The van der Waals surface area contributed by atoms with E-state index in [1.54, 1.807) is 11.1 Å². The maximum absolute atomic E-state index is 5.22. The number of hydrogen-bond donors (Lipinski definition) is 0. The van der Waals surface area contributed by atoms with Gasteiger partial charge in [0.25, 0.3) is 0 Å². The third-order valence-corrected chi connectivity index (χ3v) is 15.8. The molecule has 7 aromatic rings. The van der Waals surface area contributed by atoms with Crippen LogP contribution in [0.3, 0.4) is 0 Å². The molecule has 4 saturated carbocycles. The van der Waals surface area contributed by atoms with Gasteiger partial charge in [-0.25, -0.2) is 9.97 Å². The number of nitrogens with zero attached hydrogens (tertiary/aromatic N) is 2. The Hall–Kier alpha value is -4.64. The van der Waals surface area contributed by atoms with Crippen molar-refractivity contribution in [2.24, 2.45) is 23.7 Å². The van der Waals surface area contributed by atoms with Crippen LogP contribution in [0.2, 0.25) is 0 Å². The minimum absolute atomic E-state index is 0.122. The Labute approximate surface area is 313 Å². The van der Waals surface area contributed by atoms with Crippen LogP contribution in [0, 0.1) is 23.7 Å². The van der Waals surface area contributed by atoms with Gasteiger partial charge in [0.2, 0.25) is 0 Å². The standard InChI is InChI=1S/C48H36N2S2/c1-2-10-31(11-3-1)44-45(50-40-15-7-6-14-39(40)49-44)32-20-18-30(19-21-32)36-27-38-43(47-46(36)51-41-16-8-9-17-42(41)52-47)35-12-4-5-13-37(35)48(38)33-23-28-22-29(25-33)26-34(48)24-28/h1-21,27-29,33-34H,22-26H2. The van der Waals surface area contributed by atoms with Crippen LogP contribution in [0.4, 0.5) is 0 Å². The number of aromatic nitrogens is 2. The summed E-state index contributed by atoms with van der Waals surface area (Å²) in [6.45, 7) is 0. The van der Waals surface area contributed by atoms with Gasteiger partial charge in [0.15, 0.2) is 0 Å². The molecule has 6 aliphatic rings. The van der Waals surface area contributed by atoms with Gasteiger partial charge in [-0.3, -0.25) is 0 Å². The highest BCUT2D eigenvalue weighted by atomic mass is 32.2. The fourth-order valence-electron chi connectivity index (χ4n) is 11.3. The molecule has 0 saturated heterocycles. The lowest BCUT2D eigenvalue weighted by Gasteiger charge is -2.61. The van der Waals surface area contributed by atoms with Crippen LogP contribution < -0.4 is 0 Å². The lowest BCUT2D eigenvalue weighted by molar-refractivity contribution is -0.0399. The van der Waals surface area contributed by atoms with Crippen LogP contribution in [0.5, 0.6) is 0 Å². The van der Waals surface area contributed by atoms with E-state index < -0.39 is 0 Å². The van der Waals surface area contributed by atoms with Gasteiger partial charge in [-0.15, -0.1) is 0 Å². The SMILES string of the molecule is c1ccc(-c2nc3ccccc3nc2-c2ccc(-c3cc4c(c5c3Sc3ccccc3S5)-c3ccccc3C43C4CC5CC(C4)CC3C5)cc2)cc1. The monoisotopic (exact) mass is 704 g/mol. The molecule has 0 unspecified atom stereocenters. The molecule has 0 radical (unpaired) electrons. The summed E-state index contributed by atoms with van der Waals surface area (Å²) in [7, 11) is 0. The lowest BCUT2D eigenvalue weighted by Crippen LogP contribution is -2.55. The Morgan fingerprint density at radius 3 is 1.67 bits per heavy atom. The van der Waals surface area contributed by atoms with E-state index >= 15 is 0 Å². The van der Waals surface area contributed by atoms with Crippen molar-refractivity contribution in [3.63, 3.8) is 0 Å². The van der Waals surface area contributed by atoms with Crippen molar-refractivity contribution in [2.75, 3.05) is 0 Å². The predicted molar refractivity (Wildman–Crippen MR) is 214 cm³/mol. The van der Waals surface area contributed by atoms with Gasteiger partial charge in [-0.2, -0.15) is 0 Å². The third kappa shape index (κ3) is 4.17. The molecule has 0 N–H and O–H groups in total. The number of benzene rings is 6. The summed E-state index contributed by atoms with van der Waals surface area (Å²) in [4.78, 5) is 16.0. The maximum atomic E-state index is 5.22. The number of rotatable bonds is 3. The number of para-hydroxylation sites is 2. The molecule has 5 aliphatic carbocycles. The van der Waals surface area contributed by atoms with Gasteiger partial charge in [-0.05, 0) is 114 Å². The Kier molecular flexibility index (Phi) is 6.43. The van der Waals surface area contributed by atoms with Gasteiger partial charge >= 0.3 is 0 Å². The van der Waals surface area contributed by atoms with Crippen LogP contribution in [0.15, 0.2) is 153 Å². The van der Waals surface area contributed by atoms with E-state index in [0.717, 1.165) is 57.2 Å². The molecular formula is C48H36N2S2. The second-order valence-electron chi connectivity index (χ2n) is 15.7. The molecule has 2 heterocycles. The second kappa shape index (κ2) is 11.2. The van der Waals surface area contributed by atoms with Crippen LogP contribution >= 0.6 is 23.5 Å². The second-order valence-corrected chi connectivity index (χ2v) is 17.8. The first-order valence-corrected chi connectivity index (χ1v) is 20.5. The topological polar surface area (TPSA) is 25.8 Å². The Morgan fingerprint density at radius 2 is 1.00 bits per heavy atom. The van der Waals surface area contributed by atoms with E-state index in [1.165, 1.54) is 73.9 Å². The zero-order chi connectivity index (χ0) is 34.0. The molecule has 1 spiro atoms.